The van der Waals surface area contributed by atoms with E-state index in [4.69, 9.17) is 14.6 Å². The van der Waals surface area contributed by atoms with Crippen LogP contribution in [0, 0.1) is 11.3 Å². The lowest BCUT2D eigenvalue weighted by Gasteiger charge is -2.37. The number of aliphatic hydroxyl groups is 1. The van der Waals surface area contributed by atoms with Gasteiger partial charge in [-0.3, -0.25) is 4.79 Å². The summed E-state index contributed by atoms with van der Waals surface area (Å²) in [6, 6.07) is 7.58. The molecule has 9 heteroatoms. The van der Waals surface area contributed by atoms with Gasteiger partial charge in [-0.15, -0.1) is 0 Å². The van der Waals surface area contributed by atoms with Gasteiger partial charge in [-0.05, 0) is 25.1 Å². The van der Waals surface area contributed by atoms with Gasteiger partial charge >= 0.3 is 0 Å². The third-order valence-corrected chi connectivity index (χ3v) is 4.32. The predicted molar refractivity (Wildman–Crippen MR) is 97.4 cm³/mol. The standard InChI is InChI=1S/C18H23N5O4/c1-13-11-22(12-17(27-13)18(25)20-6-8-26-9-7-24)15-3-2-14(10-19)23-16(15)4-5-21-23/h2-5,13,17,24H,6-9,11-12H2,1H3,(H,20,25). The number of aromatic nitrogens is 2. The molecule has 1 amide bonds. The zero-order valence-electron chi connectivity index (χ0n) is 15.2. The van der Waals surface area contributed by atoms with Gasteiger partial charge in [0.25, 0.3) is 5.91 Å². The van der Waals surface area contributed by atoms with Crippen LogP contribution in [0.25, 0.3) is 5.52 Å². The van der Waals surface area contributed by atoms with Crippen molar-refractivity contribution >= 4 is 17.1 Å². The van der Waals surface area contributed by atoms with Crippen LogP contribution in [-0.4, -0.2) is 72.3 Å². The van der Waals surface area contributed by atoms with Gasteiger partial charge < -0.3 is 24.8 Å². The minimum absolute atomic E-state index is 0.0419. The van der Waals surface area contributed by atoms with Gasteiger partial charge in [0.2, 0.25) is 0 Å². The largest absolute Gasteiger partial charge is 0.394 e. The number of hydrogen-bond acceptors (Lipinski definition) is 7. The molecule has 1 aliphatic rings. The summed E-state index contributed by atoms with van der Waals surface area (Å²) < 4.78 is 12.5. The number of pyridine rings is 1. The number of hydrogen-bond donors (Lipinski definition) is 2. The van der Waals surface area contributed by atoms with E-state index in [1.807, 2.05) is 19.1 Å². The molecule has 1 fully saturated rings. The fourth-order valence-corrected chi connectivity index (χ4v) is 3.17. The van der Waals surface area contributed by atoms with E-state index in [-0.39, 0.29) is 25.2 Å². The summed E-state index contributed by atoms with van der Waals surface area (Å²) in [5.74, 6) is -0.197. The molecular formula is C18H23N5O4. The fourth-order valence-electron chi connectivity index (χ4n) is 3.17. The molecule has 2 aromatic heterocycles. The van der Waals surface area contributed by atoms with E-state index >= 15 is 0 Å². The molecule has 1 aliphatic heterocycles. The molecule has 0 aliphatic carbocycles. The van der Waals surface area contributed by atoms with Gasteiger partial charge in [-0.2, -0.15) is 10.4 Å². The number of ether oxygens (including phenoxy) is 2. The maximum absolute atomic E-state index is 12.4. The van der Waals surface area contributed by atoms with Gasteiger partial charge in [0, 0.05) is 13.1 Å². The number of carbonyl (C=O) groups excluding carboxylic acids is 1. The van der Waals surface area contributed by atoms with E-state index in [0.29, 0.717) is 31.9 Å². The quantitative estimate of drug-likeness (QED) is 0.653. The number of anilines is 1. The van der Waals surface area contributed by atoms with Crippen molar-refractivity contribution in [2.75, 3.05) is 44.4 Å². The van der Waals surface area contributed by atoms with Crippen LogP contribution in [0.2, 0.25) is 0 Å². The first-order valence-corrected chi connectivity index (χ1v) is 8.87. The van der Waals surface area contributed by atoms with E-state index in [0.717, 1.165) is 11.2 Å². The Kier molecular flexibility index (Phi) is 6.24. The van der Waals surface area contributed by atoms with Crippen molar-refractivity contribution in [3.63, 3.8) is 0 Å². The molecule has 3 rings (SSSR count). The van der Waals surface area contributed by atoms with Crippen LogP contribution in [0.15, 0.2) is 24.4 Å². The Labute approximate surface area is 157 Å². The summed E-state index contributed by atoms with van der Waals surface area (Å²) >= 11 is 0. The summed E-state index contributed by atoms with van der Waals surface area (Å²) in [6.45, 7) is 3.87. The smallest absolute Gasteiger partial charge is 0.251 e. The Balaban J connectivity index is 1.70. The van der Waals surface area contributed by atoms with Crippen LogP contribution in [0.3, 0.4) is 0 Å². The summed E-state index contributed by atoms with van der Waals surface area (Å²) in [4.78, 5) is 14.5. The number of morpholine rings is 1. The Morgan fingerprint density at radius 3 is 3.07 bits per heavy atom. The van der Waals surface area contributed by atoms with Crippen molar-refractivity contribution in [3.8, 4) is 6.07 Å². The minimum Gasteiger partial charge on any atom is -0.394 e. The molecule has 2 atom stereocenters. The molecule has 0 spiro atoms. The van der Waals surface area contributed by atoms with Crippen LogP contribution in [0.4, 0.5) is 5.69 Å². The highest BCUT2D eigenvalue weighted by Gasteiger charge is 2.31. The maximum atomic E-state index is 12.4. The molecule has 0 radical (unpaired) electrons. The predicted octanol–water partition coefficient (Wildman–Crippen LogP) is -0.0752. The highest BCUT2D eigenvalue weighted by molar-refractivity contribution is 5.82. The molecule has 2 aromatic rings. The Hall–Kier alpha value is -2.67. The maximum Gasteiger partial charge on any atom is 0.251 e. The topological polar surface area (TPSA) is 112 Å². The highest BCUT2D eigenvalue weighted by atomic mass is 16.5. The average molecular weight is 373 g/mol. The van der Waals surface area contributed by atoms with Crippen molar-refractivity contribution in [2.45, 2.75) is 19.1 Å². The third kappa shape index (κ3) is 4.36. The van der Waals surface area contributed by atoms with Gasteiger partial charge in [-0.25, -0.2) is 4.52 Å². The van der Waals surface area contributed by atoms with E-state index in [1.54, 1.807) is 16.8 Å². The van der Waals surface area contributed by atoms with E-state index in [2.05, 4.69) is 21.4 Å². The molecule has 2 N–H and O–H groups in total. The van der Waals surface area contributed by atoms with Crippen molar-refractivity contribution in [1.29, 1.82) is 5.26 Å². The second-order valence-corrected chi connectivity index (χ2v) is 6.31. The zero-order valence-corrected chi connectivity index (χ0v) is 15.2. The Bertz CT molecular complexity index is 831. The first kappa shape index (κ1) is 19.1. The Morgan fingerprint density at radius 2 is 2.30 bits per heavy atom. The lowest BCUT2D eigenvalue weighted by atomic mass is 10.1. The highest BCUT2D eigenvalue weighted by Crippen LogP contribution is 2.26. The minimum atomic E-state index is -0.606. The van der Waals surface area contributed by atoms with Crippen LogP contribution < -0.4 is 10.2 Å². The average Bonchev–Trinajstić information content (AvgIpc) is 3.16. The van der Waals surface area contributed by atoms with Crippen molar-refractivity contribution < 1.29 is 19.4 Å². The van der Waals surface area contributed by atoms with Crippen LogP contribution in [-0.2, 0) is 14.3 Å². The molecule has 27 heavy (non-hydrogen) atoms. The van der Waals surface area contributed by atoms with Gasteiger partial charge in [0.1, 0.15) is 11.8 Å². The van der Waals surface area contributed by atoms with Gasteiger partial charge in [0.05, 0.1) is 49.9 Å². The fraction of sp³-hybridized carbons (Fsp3) is 0.500. The lowest BCUT2D eigenvalue weighted by Crippen LogP contribution is -2.53. The molecule has 0 aromatic carbocycles. The number of rotatable bonds is 7. The number of fused-ring (bicyclic) bond motifs is 1. The molecule has 144 valence electrons. The molecule has 1 saturated heterocycles. The monoisotopic (exact) mass is 373 g/mol. The number of nitrogens with one attached hydrogen (secondary N) is 1. The number of nitrogens with zero attached hydrogens (tertiary/aromatic N) is 4. The second kappa shape index (κ2) is 8.81. The summed E-state index contributed by atoms with van der Waals surface area (Å²) in [6.07, 6.45) is 0.920. The molecule has 0 bridgehead atoms. The van der Waals surface area contributed by atoms with Crippen molar-refractivity contribution in [2.24, 2.45) is 0 Å². The SMILES string of the molecule is CC1CN(c2ccc(C#N)n3nccc23)CC(C(=O)NCCOCCO)O1. The van der Waals surface area contributed by atoms with Crippen LogP contribution in [0.1, 0.15) is 12.6 Å². The third-order valence-electron chi connectivity index (χ3n) is 4.32. The number of amides is 1. The summed E-state index contributed by atoms with van der Waals surface area (Å²) in [5.41, 5.74) is 2.18. The van der Waals surface area contributed by atoms with Crippen LogP contribution >= 0.6 is 0 Å². The van der Waals surface area contributed by atoms with Gasteiger partial charge in [-0.1, -0.05) is 0 Å². The second-order valence-electron chi connectivity index (χ2n) is 6.31. The summed E-state index contributed by atoms with van der Waals surface area (Å²) in [7, 11) is 0. The number of aliphatic hydroxyl groups excluding tert-OH is 1. The molecule has 3 heterocycles. The first-order valence-electron chi connectivity index (χ1n) is 8.87. The lowest BCUT2D eigenvalue weighted by molar-refractivity contribution is -0.137. The van der Waals surface area contributed by atoms with E-state index in [1.165, 1.54) is 0 Å². The molecule has 9 nitrogen and oxygen atoms in total. The van der Waals surface area contributed by atoms with E-state index < -0.39 is 6.10 Å². The molecule has 0 saturated carbocycles. The van der Waals surface area contributed by atoms with Crippen LogP contribution in [0.5, 0.6) is 0 Å². The normalized spacial score (nSPS) is 19.8. The van der Waals surface area contributed by atoms with Crippen molar-refractivity contribution in [1.82, 2.24) is 14.9 Å². The molecule has 2 unspecified atom stereocenters. The number of carbonyl (C=O) groups is 1. The molecular weight excluding hydrogens is 350 g/mol. The zero-order chi connectivity index (χ0) is 19.2. The van der Waals surface area contributed by atoms with E-state index in [9.17, 15) is 10.1 Å². The van der Waals surface area contributed by atoms with Gasteiger partial charge in [0.15, 0.2) is 6.10 Å². The van der Waals surface area contributed by atoms with Crippen molar-refractivity contribution in [3.05, 3.63) is 30.1 Å². The first-order chi connectivity index (χ1) is 13.1. The number of nitriles is 1. The summed E-state index contributed by atoms with van der Waals surface area (Å²) in [5, 5.41) is 24.9. The Morgan fingerprint density at radius 1 is 1.44 bits per heavy atom.